The summed E-state index contributed by atoms with van der Waals surface area (Å²) in [5, 5.41) is 21.9. The smallest absolute Gasteiger partial charge is 0.287 e. The number of ketones is 1. The van der Waals surface area contributed by atoms with Crippen molar-refractivity contribution in [2.24, 2.45) is 16.6 Å². The molecule has 4 fully saturated rings. The van der Waals surface area contributed by atoms with E-state index in [0.717, 1.165) is 32.1 Å². The second-order valence-corrected chi connectivity index (χ2v) is 19.5. The molecule has 5 amide bonds. The molecule has 1 aromatic carbocycles. The maximum atomic E-state index is 14.9. The molecule has 0 spiro atoms. The summed E-state index contributed by atoms with van der Waals surface area (Å²) < 4.78 is 29.6. The molecule has 320 valence electrons. The van der Waals surface area contributed by atoms with Gasteiger partial charge in [-0.05, 0) is 74.8 Å². The van der Waals surface area contributed by atoms with Crippen LogP contribution in [0.15, 0.2) is 40.4 Å². The highest BCUT2D eigenvalue weighted by molar-refractivity contribution is 7.99. The number of aliphatic hydroxyl groups is 1. The van der Waals surface area contributed by atoms with E-state index in [4.69, 9.17) is 5.73 Å². The van der Waals surface area contributed by atoms with E-state index in [-0.39, 0.29) is 86.4 Å². The van der Waals surface area contributed by atoms with Crippen molar-refractivity contribution < 1.29 is 42.3 Å². The van der Waals surface area contributed by atoms with Crippen LogP contribution in [0.2, 0.25) is 0 Å². The van der Waals surface area contributed by atoms with Gasteiger partial charge in [0.25, 0.3) is 17.7 Å². The van der Waals surface area contributed by atoms with Crippen LogP contribution in [0.3, 0.4) is 0 Å². The molecule has 4 aliphatic rings. The zero-order valence-electron chi connectivity index (χ0n) is 33.7. The number of piperazine rings is 1. The second kappa shape index (κ2) is 18.0. The van der Waals surface area contributed by atoms with Crippen molar-refractivity contribution in [2.45, 2.75) is 107 Å². The molecule has 2 aromatic rings. The summed E-state index contributed by atoms with van der Waals surface area (Å²) >= 11 is 1.57. The van der Waals surface area contributed by atoms with Gasteiger partial charge in [-0.25, -0.2) is 18.1 Å². The highest BCUT2D eigenvalue weighted by Gasteiger charge is 2.49. The Bertz CT molecular complexity index is 2080. The number of likely N-dealkylation sites (tertiary alicyclic amines) is 1. The lowest BCUT2D eigenvalue weighted by Gasteiger charge is -2.37. The lowest BCUT2D eigenvalue weighted by Crippen LogP contribution is -2.63. The van der Waals surface area contributed by atoms with Gasteiger partial charge in [-0.2, -0.15) is 16.1 Å². The van der Waals surface area contributed by atoms with Gasteiger partial charge in [-0.15, -0.1) is 5.10 Å². The zero-order chi connectivity index (χ0) is 42.7. The number of nitrogens with two attached hydrogens (primary N) is 1. The topological polar surface area (TPSA) is 248 Å². The second-order valence-electron chi connectivity index (χ2n) is 16.4. The first-order valence-electron chi connectivity index (χ1n) is 20.1. The van der Waals surface area contributed by atoms with Crippen LogP contribution in [0, 0.1) is 5.92 Å². The van der Waals surface area contributed by atoms with Crippen molar-refractivity contribution in [3.05, 3.63) is 41.7 Å². The number of hydrogen-bond donors (Lipinski definition) is 3. The van der Waals surface area contributed by atoms with E-state index in [9.17, 15) is 42.3 Å². The number of carbonyl (C=O) groups is 6. The molecule has 0 unspecified atom stereocenters. The predicted octanol–water partition coefficient (Wildman–Crippen LogP) is 1.19. The van der Waals surface area contributed by atoms with Crippen molar-refractivity contribution in [3.63, 3.8) is 0 Å². The van der Waals surface area contributed by atoms with Gasteiger partial charge in [0.05, 0.1) is 22.8 Å². The molecule has 6 rings (SSSR count). The fourth-order valence-electron chi connectivity index (χ4n) is 8.46. The van der Waals surface area contributed by atoms with Crippen LogP contribution in [0.25, 0.3) is 0 Å². The minimum Gasteiger partial charge on any atom is -0.384 e. The van der Waals surface area contributed by atoms with Gasteiger partial charge in [-0.3, -0.25) is 28.8 Å². The van der Waals surface area contributed by atoms with Gasteiger partial charge in [0.15, 0.2) is 0 Å². The average molecular weight is 856 g/mol. The largest absolute Gasteiger partial charge is 0.384 e. The number of benzene rings is 1. The summed E-state index contributed by atoms with van der Waals surface area (Å²) in [5.41, 5.74) is 2.85. The number of carbonyl (C=O) groups excluding carboxylic acids is 6. The van der Waals surface area contributed by atoms with Crippen LogP contribution < -0.4 is 11.1 Å². The predicted molar refractivity (Wildman–Crippen MR) is 216 cm³/mol. The quantitative estimate of drug-likeness (QED) is 0.201. The molecule has 4 heterocycles. The molecule has 1 aromatic heterocycles. The normalized spacial score (nSPS) is 22.2. The van der Waals surface area contributed by atoms with Crippen molar-refractivity contribution >= 4 is 62.8 Å². The summed E-state index contributed by atoms with van der Waals surface area (Å²) in [5.74, 6) is -3.33. The first kappa shape index (κ1) is 44.0. The summed E-state index contributed by atoms with van der Waals surface area (Å²) in [4.78, 5) is 87.5. The van der Waals surface area contributed by atoms with Crippen molar-refractivity contribution in [1.82, 2.24) is 34.4 Å². The minimum atomic E-state index is -3.92. The van der Waals surface area contributed by atoms with Crippen LogP contribution in [-0.2, 0) is 39.6 Å². The Kier molecular flexibility index (Phi) is 13.4. The number of thioether (sulfide) groups is 1. The number of amides is 5. The average Bonchev–Trinajstić information content (AvgIpc) is 3.90. The molecule has 59 heavy (non-hydrogen) atoms. The maximum absolute atomic E-state index is 14.9. The highest BCUT2D eigenvalue weighted by Crippen LogP contribution is 2.35. The number of rotatable bonds is 12. The van der Waals surface area contributed by atoms with Crippen LogP contribution in [0.4, 0.5) is 0 Å². The number of nitrogens with one attached hydrogen (secondary N) is 1. The fraction of sp³-hybridized carbons (Fsp3) is 0.615. The number of aromatic nitrogens is 3. The van der Waals surface area contributed by atoms with Gasteiger partial charge < -0.3 is 26.0 Å². The minimum absolute atomic E-state index is 0.00397. The molecular weight excluding hydrogens is 803 g/mol. The van der Waals surface area contributed by atoms with E-state index >= 15 is 0 Å². The Morgan fingerprint density at radius 1 is 1.00 bits per heavy atom. The van der Waals surface area contributed by atoms with E-state index in [0.29, 0.717) is 17.2 Å². The molecular formula is C39H53N9O9S2. The highest BCUT2D eigenvalue weighted by atomic mass is 32.2. The van der Waals surface area contributed by atoms with Gasteiger partial charge in [-0.1, -0.05) is 37.3 Å². The third kappa shape index (κ3) is 9.76. The molecule has 20 heteroatoms. The number of hydrogen-bond acceptors (Lipinski definition) is 12. The van der Waals surface area contributed by atoms with E-state index < -0.39 is 62.7 Å². The summed E-state index contributed by atoms with van der Waals surface area (Å²) in [6.45, 7) is 5.27. The molecule has 3 saturated heterocycles. The fourth-order valence-corrected chi connectivity index (χ4v) is 11.1. The Hall–Kier alpha value is -4.53. The molecule has 0 bridgehead atoms. The van der Waals surface area contributed by atoms with Crippen LogP contribution >= 0.6 is 11.8 Å². The monoisotopic (exact) mass is 855 g/mol. The number of sulfonamides is 1. The lowest BCUT2D eigenvalue weighted by molar-refractivity contribution is -0.143. The first-order chi connectivity index (χ1) is 27.9. The van der Waals surface area contributed by atoms with Crippen molar-refractivity contribution in [2.75, 3.05) is 44.2 Å². The molecule has 3 aliphatic heterocycles. The SMILES string of the molecule is CC(=O)N1CCN(S(=O)(=O)c2ccc(C(=O)N=C(CC3CCCCC3)C(=O)N3C[C@@H](n4nncc4C(C)(C)O)C[C@H]3C(=O)NC3(C(=O)C(N)=O)CCSCC3)cc2)CC1. The summed E-state index contributed by atoms with van der Waals surface area (Å²) in [6.07, 6.45) is 6.43. The van der Waals surface area contributed by atoms with Gasteiger partial charge in [0, 0.05) is 51.6 Å². The maximum Gasteiger partial charge on any atom is 0.287 e. The molecule has 1 aliphatic carbocycles. The number of nitrogens with zero attached hydrogens (tertiary/aromatic N) is 7. The van der Waals surface area contributed by atoms with Crippen LogP contribution in [0.5, 0.6) is 0 Å². The van der Waals surface area contributed by atoms with E-state index in [1.807, 2.05) is 0 Å². The number of Topliss-reactive ketones (excluding diaryl/α,β-unsaturated/α-hetero) is 1. The Labute approximate surface area is 347 Å². The lowest BCUT2D eigenvalue weighted by atomic mass is 9.85. The standard InChI is InChI=1S/C39H53N9O9S2/c1-25(49)45-15-17-46(18-16-45)59(56,57)29-11-9-27(10-12-29)35(52)42-30(21-26-7-5-4-6-8-26)37(54)47-24-28(48-32(23-41-44-48)38(2,3)55)22-31(47)36(53)43-39(33(50)34(40)51)13-19-58-20-14-39/h9-12,23,26,28,31,55H,4-8,13-22,24H2,1-3H3,(H2,40,51)(H,43,53)/t28-,31-/m0/s1. The van der Waals surface area contributed by atoms with Crippen LogP contribution in [-0.4, -0.2) is 139 Å². The van der Waals surface area contributed by atoms with Gasteiger partial charge in [0.2, 0.25) is 27.6 Å². The van der Waals surface area contributed by atoms with E-state index in [2.05, 4.69) is 20.6 Å². The number of aliphatic imine (C=N–C) groups is 1. The zero-order valence-corrected chi connectivity index (χ0v) is 35.3. The Balaban J connectivity index is 1.31. The van der Waals surface area contributed by atoms with Gasteiger partial charge >= 0.3 is 0 Å². The summed E-state index contributed by atoms with van der Waals surface area (Å²) in [6, 6.07) is 3.46. The molecule has 0 radical (unpaired) electrons. The van der Waals surface area contributed by atoms with Gasteiger partial charge in [0.1, 0.15) is 22.9 Å². The first-order valence-corrected chi connectivity index (χ1v) is 22.7. The summed E-state index contributed by atoms with van der Waals surface area (Å²) in [7, 11) is -3.92. The molecule has 4 N–H and O–H groups in total. The van der Waals surface area contributed by atoms with Crippen molar-refractivity contribution in [3.8, 4) is 0 Å². The van der Waals surface area contributed by atoms with E-state index in [1.165, 1.54) is 51.3 Å². The third-order valence-electron chi connectivity index (χ3n) is 11.9. The van der Waals surface area contributed by atoms with Crippen molar-refractivity contribution in [1.29, 1.82) is 0 Å². The third-order valence-corrected chi connectivity index (χ3v) is 14.8. The molecule has 2 atom stereocenters. The molecule has 1 saturated carbocycles. The Morgan fingerprint density at radius 3 is 2.24 bits per heavy atom. The van der Waals surface area contributed by atoms with E-state index in [1.54, 1.807) is 30.5 Å². The number of primary amides is 1. The molecule has 18 nitrogen and oxygen atoms in total. The Morgan fingerprint density at radius 2 is 1.64 bits per heavy atom. The van der Waals surface area contributed by atoms with Crippen LogP contribution in [0.1, 0.15) is 101 Å².